The SMILES string of the molecule is CC1(C)CC(OC(=O)C(Br)(Br)Br)CC(C)(C)[NH2+]1. The third kappa shape index (κ3) is 5.17. The monoisotopic (exact) mass is 434 g/mol. The third-order valence-electron chi connectivity index (χ3n) is 2.79. The molecule has 0 aliphatic carbocycles. The van der Waals surface area contributed by atoms with Gasteiger partial charge in [0.2, 0.25) is 2.14 Å². The van der Waals surface area contributed by atoms with Gasteiger partial charge in [-0.25, -0.2) is 4.79 Å². The number of esters is 1. The number of rotatable bonds is 1. The van der Waals surface area contributed by atoms with E-state index in [1.165, 1.54) is 0 Å². The fourth-order valence-corrected chi connectivity index (χ4v) is 3.00. The minimum absolute atomic E-state index is 0.0375. The Morgan fingerprint density at radius 1 is 1.18 bits per heavy atom. The number of halogens is 3. The Morgan fingerprint density at radius 3 is 1.94 bits per heavy atom. The molecule has 0 bridgehead atoms. The van der Waals surface area contributed by atoms with E-state index in [4.69, 9.17) is 4.74 Å². The van der Waals surface area contributed by atoms with Gasteiger partial charge in [-0.1, -0.05) is 0 Å². The van der Waals surface area contributed by atoms with E-state index in [2.05, 4.69) is 80.8 Å². The summed E-state index contributed by atoms with van der Waals surface area (Å²) in [7, 11) is 0. The first kappa shape index (κ1) is 15.9. The van der Waals surface area contributed by atoms with E-state index in [9.17, 15) is 4.79 Å². The molecule has 3 nitrogen and oxygen atoms in total. The predicted molar refractivity (Wildman–Crippen MR) is 78.7 cm³/mol. The summed E-state index contributed by atoms with van der Waals surface area (Å²) in [5.74, 6) is -0.337. The maximum atomic E-state index is 11.8. The van der Waals surface area contributed by atoms with Crippen molar-refractivity contribution >= 4 is 53.8 Å². The van der Waals surface area contributed by atoms with Gasteiger partial charge in [0.1, 0.15) is 6.10 Å². The van der Waals surface area contributed by atoms with Gasteiger partial charge >= 0.3 is 5.97 Å². The second-order valence-electron chi connectivity index (χ2n) is 6.05. The smallest absolute Gasteiger partial charge is 0.345 e. The van der Waals surface area contributed by atoms with Crippen molar-refractivity contribution in [3.05, 3.63) is 0 Å². The zero-order valence-corrected chi connectivity index (χ0v) is 15.3. The first-order chi connectivity index (χ1) is 7.41. The van der Waals surface area contributed by atoms with E-state index in [0.717, 1.165) is 12.8 Å². The predicted octanol–water partition coefficient (Wildman–Crippen LogP) is 2.65. The van der Waals surface area contributed by atoms with Crippen LogP contribution in [0.3, 0.4) is 0 Å². The highest BCUT2D eigenvalue weighted by Gasteiger charge is 2.44. The zero-order chi connectivity index (χ0) is 13.5. The number of hydrogen-bond donors (Lipinski definition) is 1. The molecule has 0 atom stereocenters. The molecule has 1 aliphatic rings. The van der Waals surface area contributed by atoms with E-state index in [0.29, 0.717) is 0 Å². The minimum atomic E-state index is -0.970. The fraction of sp³-hybridized carbons (Fsp3) is 0.909. The Kier molecular flexibility index (Phi) is 4.78. The second kappa shape index (κ2) is 5.10. The summed E-state index contributed by atoms with van der Waals surface area (Å²) in [5, 5.41) is 2.36. The highest BCUT2D eigenvalue weighted by Crippen LogP contribution is 2.36. The van der Waals surface area contributed by atoms with E-state index < -0.39 is 2.14 Å². The summed E-state index contributed by atoms with van der Waals surface area (Å²) < 4.78 is 4.56. The van der Waals surface area contributed by atoms with Gasteiger partial charge in [-0.15, -0.1) is 0 Å². The number of carbonyl (C=O) groups excluding carboxylic acids is 1. The number of ether oxygens (including phenoxy) is 1. The van der Waals surface area contributed by atoms with Gasteiger partial charge in [0.25, 0.3) is 0 Å². The van der Waals surface area contributed by atoms with Crippen LogP contribution in [0, 0.1) is 0 Å². The van der Waals surface area contributed by atoms with E-state index in [1.807, 2.05) is 0 Å². The third-order valence-corrected chi connectivity index (χ3v) is 3.77. The summed E-state index contributed by atoms with van der Waals surface area (Å²) in [6.07, 6.45) is 1.70. The first-order valence-electron chi connectivity index (χ1n) is 5.56. The Balaban J connectivity index is 2.70. The Morgan fingerprint density at radius 2 is 1.59 bits per heavy atom. The molecule has 0 unspecified atom stereocenters. The molecule has 0 aromatic heterocycles. The normalized spacial score (nSPS) is 24.4. The second-order valence-corrected chi connectivity index (χ2v) is 12.8. The molecule has 6 heteroatoms. The van der Waals surface area contributed by atoms with Crippen LogP contribution < -0.4 is 5.32 Å². The minimum Gasteiger partial charge on any atom is -0.460 e. The molecule has 0 saturated carbocycles. The molecular weight excluding hydrogens is 418 g/mol. The van der Waals surface area contributed by atoms with Crippen LogP contribution >= 0.6 is 47.8 Å². The van der Waals surface area contributed by atoms with Gasteiger partial charge in [-0.05, 0) is 75.5 Å². The van der Waals surface area contributed by atoms with Gasteiger partial charge < -0.3 is 10.1 Å². The van der Waals surface area contributed by atoms with Crippen LogP contribution in [0.15, 0.2) is 0 Å². The highest BCUT2D eigenvalue weighted by atomic mass is 80.0. The van der Waals surface area contributed by atoms with E-state index in [-0.39, 0.29) is 23.2 Å². The fourth-order valence-electron chi connectivity index (χ4n) is 2.72. The van der Waals surface area contributed by atoms with E-state index >= 15 is 0 Å². The molecule has 0 aromatic carbocycles. The van der Waals surface area contributed by atoms with E-state index in [1.54, 1.807) is 0 Å². The van der Waals surface area contributed by atoms with Crippen LogP contribution in [0.25, 0.3) is 0 Å². The van der Waals surface area contributed by atoms with Gasteiger partial charge in [-0.2, -0.15) is 0 Å². The van der Waals surface area contributed by atoms with Crippen molar-refractivity contribution in [2.24, 2.45) is 0 Å². The lowest BCUT2D eigenvalue weighted by molar-refractivity contribution is -0.789. The van der Waals surface area contributed by atoms with Crippen LogP contribution in [-0.4, -0.2) is 25.3 Å². The molecule has 1 aliphatic heterocycles. The van der Waals surface area contributed by atoms with Gasteiger partial charge in [0.05, 0.1) is 11.1 Å². The Bertz CT molecular complexity index is 294. The average molecular weight is 437 g/mol. The van der Waals surface area contributed by atoms with Crippen molar-refractivity contribution < 1.29 is 14.8 Å². The molecule has 17 heavy (non-hydrogen) atoms. The Hall–Kier alpha value is 0.870. The van der Waals surface area contributed by atoms with Crippen LogP contribution in [0.5, 0.6) is 0 Å². The van der Waals surface area contributed by atoms with Crippen molar-refractivity contribution in [1.82, 2.24) is 0 Å². The van der Waals surface area contributed by atoms with Crippen molar-refractivity contribution in [3.8, 4) is 0 Å². The molecule has 1 saturated heterocycles. The maximum Gasteiger partial charge on any atom is 0.345 e. The van der Waals surface area contributed by atoms with Gasteiger partial charge in [0, 0.05) is 12.8 Å². The quantitative estimate of drug-likeness (QED) is 0.507. The number of nitrogens with two attached hydrogens (primary N) is 1. The number of carbonyl (C=O) groups is 1. The largest absolute Gasteiger partial charge is 0.460 e. The average Bonchev–Trinajstić information content (AvgIpc) is 1.94. The Labute approximate surface area is 128 Å². The summed E-state index contributed by atoms with van der Waals surface area (Å²) >= 11 is 9.54. The first-order valence-corrected chi connectivity index (χ1v) is 7.94. The van der Waals surface area contributed by atoms with Gasteiger partial charge in [-0.3, -0.25) is 0 Å². The lowest BCUT2D eigenvalue weighted by atomic mass is 9.81. The van der Waals surface area contributed by atoms with Crippen LogP contribution in [0.4, 0.5) is 0 Å². The lowest BCUT2D eigenvalue weighted by Gasteiger charge is -2.42. The van der Waals surface area contributed by atoms with Crippen molar-refractivity contribution in [3.63, 3.8) is 0 Å². The van der Waals surface area contributed by atoms with Crippen LogP contribution in [0.1, 0.15) is 40.5 Å². The van der Waals surface area contributed by atoms with Crippen molar-refractivity contribution in [1.29, 1.82) is 0 Å². The molecule has 1 rings (SSSR count). The highest BCUT2D eigenvalue weighted by molar-refractivity contribution is 9.40. The number of hydrogen-bond acceptors (Lipinski definition) is 2. The van der Waals surface area contributed by atoms with Crippen LogP contribution in [-0.2, 0) is 9.53 Å². The number of quaternary nitrogens is 1. The zero-order valence-electron chi connectivity index (χ0n) is 10.5. The lowest BCUT2D eigenvalue weighted by Crippen LogP contribution is -3.06. The van der Waals surface area contributed by atoms with Crippen molar-refractivity contribution in [2.75, 3.05) is 0 Å². The standard InChI is InChI=1S/C11H18Br3NO2/c1-9(2)5-7(6-10(3,4)15-9)17-8(16)11(12,13)14/h7,15H,5-6H2,1-4H3/p+1. The number of alkyl halides is 3. The molecule has 1 heterocycles. The molecule has 1 fully saturated rings. The molecule has 0 spiro atoms. The molecule has 100 valence electrons. The summed E-state index contributed by atoms with van der Waals surface area (Å²) in [6, 6.07) is 0. The molecule has 2 N–H and O–H groups in total. The summed E-state index contributed by atoms with van der Waals surface area (Å²) in [6.45, 7) is 8.72. The number of piperidine rings is 1. The summed E-state index contributed by atoms with van der Waals surface area (Å²) in [4.78, 5) is 11.8. The molecule has 0 amide bonds. The molecule has 0 radical (unpaired) electrons. The molecule has 0 aromatic rings. The van der Waals surface area contributed by atoms with Gasteiger partial charge in [0.15, 0.2) is 0 Å². The molecular formula is C11H19Br3NO2+. The van der Waals surface area contributed by atoms with Crippen molar-refractivity contribution in [2.45, 2.75) is 59.9 Å². The van der Waals surface area contributed by atoms with Crippen LogP contribution in [0.2, 0.25) is 0 Å². The maximum absolute atomic E-state index is 11.8. The topological polar surface area (TPSA) is 42.9 Å². The summed E-state index contributed by atoms with van der Waals surface area (Å²) in [5.41, 5.74) is 0.195.